The van der Waals surface area contributed by atoms with Crippen LogP contribution >= 0.6 is 11.6 Å². The second-order valence-electron chi connectivity index (χ2n) is 5.63. The topological polar surface area (TPSA) is 101 Å². The molecule has 0 spiro atoms. The van der Waals surface area contributed by atoms with Gasteiger partial charge < -0.3 is 14.3 Å². The number of nitrogens with one attached hydrogen (secondary N) is 1. The van der Waals surface area contributed by atoms with Gasteiger partial charge in [-0.05, 0) is 48.5 Å². The number of hydrazone groups is 1. The van der Waals surface area contributed by atoms with E-state index in [-0.39, 0.29) is 16.5 Å². The lowest BCUT2D eigenvalue weighted by molar-refractivity contribution is 0.0696. The van der Waals surface area contributed by atoms with E-state index < -0.39 is 5.97 Å². The molecular formula is C20H15ClN2O5. The second kappa shape index (κ2) is 8.41. The molecule has 1 heterocycles. The molecule has 1 aromatic heterocycles. The first-order valence-electron chi connectivity index (χ1n) is 8.08. The monoisotopic (exact) mass is 398 g/mol. The Morgan fingerprint density at radius 2 is 1.89 bits per heavy atom. The molecule has 0 atom stereocenters. The lowest BCUT2D eigenvalue weighted by Gasteiger charge is -2.02. The van der Waals surface area contributed by atoms with Crippen molar-refractivity contribution in [1.82, 2.24) is 5.43 Å². The molecule has 0 fully saturated rings. The summed E-state index contributed by atoms with van der Waals surface area (Å²) in [6.45, 7) is 0. The highest BCUT2D eigenvalue weighted by molar-refractivity contribution is 6.33. The summed E-state index contributed by atoms with van der Waals surface area (Å²) in [4.78, 5) is 23.0. The fourth-order valence-corrected chi connectivity index (χ4v) is 2.64. The highest BCUT2D eigenvalue weighted by atomic mass is 35.5. The first-order chi connectivity index (χ1) is 13.5. The lowest BCUT2D eigenvalue weighted by Crippen LogP contribution is -2.17. The van der Waals surface area contributed by atoms with Crippen molar-refractivity contribution in [2.75, 3.05) is 7.11 Å². The molecule has 3 rings (SSSR count). The number of rotatable bonds is 6. The van der Waals surface area contributed by atoms with Gasteiger partial charge in [-0.15, -0.1) is 0 Å². The number of hydrogen-bond acceptors (Lipinski definition) is 5. The van der Waals surface area contributed by atoms with Gasteiger partial charge in [0.2, 0.25) is 0 Å². The van der Waals surface area contributed by atoms with Gasteiger partial charge in [0.15, 0.2) is 0 Å². The van der Waals surface area contributed by atoms with E-state index in [9.17, 15) is 9.59 Å². The molecule has 2 N–H and O–H groups in total. The number of carbonyl (C=O) groups is 2. The molecule has 0 aliphatic carbocycles. The summed E-state index contributed by atoms with van der Waals surface area (Å²) >= 11 is 5.97. The van der Waals surface area contributed by atoms with Crippen molar-refractivity contribution in [2.24, 2.45) is 5.10 Å². The molecular weight excluding hydrogens is 384 g/mol. The van der Waals surface area contributed by atoms with Crippen molar-refractivity contribution < 1.29 is 23.8 Å². The minimum atomic E-state index is -1.10. The maximum absolute atomic E-state index is 12.0. The van der Waals surface area contributed by atoms with Crippen LogP contribution in [0.15, 0.2) is 64.1 Å². The van der Waals surface area contributed by atoms with Crippen LogP contribution in [0.4, 0.5) is 0 Å². The average Bonchev–Trinajstić information content (AvgIpc) is 3.16. The van der Waals surface area contributed by atoms with E-state index in [0.717, 1.165) is 0 Å². The van der Waals surface area contributed by atoms with Gasteiger partial charge in [0.05, 0.1) is 23.9 Å². The zero-order valence-corrected chi connectivity index (χ0v) is 15.4. The minimum Gasteiger partial charge on any atom is -0.497 e. The summed E-state index contributed by atoms with van der Waals surface area (Å²) in [5.74, 6) is 0.0723. The van der Waals surface area contributed by atoms with Crippen molar-refractivity contribution in [1.29, 1.82) is 0 Å². The molecule has 8 heteroatoms. The number of ether oxygens (including phenoxy) is 1. The normalized spacial score (nSPS) is 10.8. The van der Waals surface area contributed by atoms with Crippen LogP contribution in [0, 0.1) is 0 Å². The van der Waals surface area contributed by atoms with Crippen LogP contribution in [0.2, 0.25) is 5.02 Å². The Labute approximate surface area is 165 Å². The molecule has 0 aliphatic rings. The number of aromatic carboxylic acids is 1. The quantitative estimate of drug-likeness (QED) is 0.481. The van der Waals surface area contributed by atoms with Crippen molar-refractivity contribution in [3.05, 3.63) is 76.5 Å². The molecule has 0 aliphatic heterocycles. The largest absolute Gasteiger partial charge is 0.497 e. The first kappa shape index (κ1) is 19.2. The van der Waals surface area contributed by atoms with Gasteiger partial charge in [-0.25, -0.2) is 10.2 Å². The Morgan fingerprint density at radius 1 is 1.14 bits per heavy atom. The van der Waals surface area contributed by atoms with Crippen LogP contribution < -0.4 is 10.2 Å². The smallest absolute Gasteiger partial charge is 0.337 e. The molecule has 0 radical (unpaired) electrons. The van der Waals surface area contributed by atoms with Crippen LogP contribution in [-0.4, -0.2) is 30.3 Å². The second-order valence-corrected chi connectivity index (χ2v) is 6.04. The Hall–Kier alpha value is -3.58. The molecule has 3 aromatic rings. The van der Waals surface area contributed by atoms with Crippen LogP contribution in [0.3, 0.4) is 0 Å². The number of hydrogen-bond donors (Lipinski definition) is 2. The summed E-state index contributed by atoms with van der Waals surface area (Å²) < 4.78 is 10.7. The van der Waals surface area contributed by atoms with Crippen molar-refractivity contribution >= 4 is 29.7 Å². The molecule has 0 saturated carbocycles. The van der Waals surface area contributed by atoms with E-state index >= 15 is 0 Å². The number of halogens is 1. The summed E-state index contributed by atoms with van der Waals surface area (Å²) in [7, 11) is 1.55. The van der Waals surface area contributed by atoms with E-state index in [2.05, 4.69) is 10.5 Å². The molecule has 0 bridgehead atoms. The van der Waals surface area contributed by atoms with Gasteiger partial charge in [-0.1, -0.05) is 17.7 Å². The maximum Gasteiger partial charge on any atom is 0.337 e. The van der Waals surface area contributed by atoms with Crippen molar-refractivity contribution in [3.63, 3.8) is 0 Å². The number of carbonyl (C=O) groups excluding carboxylic acids is 1. The van der Waals surface area contributed by atoms with Crippen LogP contribution in [0.5, 0.6) is 5.75 Å². The van der Waals surface area contributed by atoms with Gasteiger partial charge in [-0.2, -0.15) is 5.10 Å². The molecule has 7 nitrogen and oxygen atoms in total. The third-order valence-corrected chi connectivity index (χ3v) is 4.13. The molecule has 142 valence electrons. The number of benzene rings is 2. The number of furan rings is 1. The number of carboxylic acid groups (broad SMARTS) is 1. The number of nitrogens with zero attached hydrogens (tertiary/aromatic N) is 1. The summed E-state index contributed by atoms with van der Waals surface area (Å²) in [6.07, 6.45) is 1.36. The van der Waals surface area contributed by atoms with Gasteiger partial charge in [0, 0.05) is 11.1 Å². The lowest BCUT2D eigenvalue weighted by atomic mass is 10.1. The van der Waals surface area contributed by atoms with Gasteiger partial charge in [0.1, 0.15) is 17.3 Å². The zero-order valence-electron chi connectivity index (χ0n) is 14.7. The average molecular weight is 399 g/mol. The van der Waals surface area contributed by atoms with Gasteiger partial charge in [0.25, 0.3) is 5.91 Å². The van der Waals surface area contributed by atoms with E-state index in [0.29, 0.717) is 28.4 Å². The summed E-state index contributed by atoms with van der Waals surface area (Å²) in [5.41, 5.74) is 3.48. The summed E-state index contributed by atoms with van der Waals surface area (Å²) in [6, 6.07) is 14.5. The molecule has 28 heavy (non-hydrogen) atoms. The molecule has 0 saturated heterocycles. The number of carboxylic acids is 1. The highest BCUT2D eigenvalue weighted by Gasteiger charge is 2.11. The Bertz CT molecular complexity index is 1040. The Morgan fingerprint density at radius 3 is 2.54 bits per heavy atom. The van der Waals surface area contributed by atoms with Crippen LogP contribution in [0.25, 0.3) is 11.3 Å². The fourth-order valence-electron chi connectivity index (χ4n) is 2.38. The van der Waals surface area contributed by atoms with Crippen LogP contribution in [0.1, 0.15) is 26.5 Å². The zero-order chi connectivity index (χ0) is 20.1. The van der Waals surface area contributed by atoms with Crippen molar-refractivity contribution in [2.45, 2.75) is 0 Å². The highest BCUT2D eigenvalue weighted by Crippen LogP contribution is 2.27. The third kappa shape index (κ3) is 4.39. The van der Waals surface area contributed by atoms with Gasteiger partial charge in [-0.3, -0.25) is 4.79 Å². The predicted molar refractivity (Wildman–Crippen MR) is 104 cm³/mol. The van der Waals surface area contributed by atoms with Crippen molar-refractivity contribution in [3.8, 4) is 17.1 Å². The van der Waals surface area contributed by atoms with E-state index in [1.165, 1.54) is 18.3 Å². The van der Waals surface area contributed by atoms with Gasteiger partial charge >= 0.3 is 5.97 Å². The SMILES string of the molecule is COc1ccc(C(=O)NN=Cc2ccc(-c3ccc(C(=O)O)c(Cl)c3)o2)cc1. The first-order valence-corrected chi connectivity index (χ1v) is 8.46. The molecule has 0 unspecified atom stereocenters. The number of methoxy groups -OCH3 is 1. The molecule has 2 aromatic carbocycles. The molecule has 1 amide bonds. The van der Waals surface area contributed by atoms with E-state index in [1.807, 2.05) is 0 Å². The predicted octanol–water partition coefficient (Wildman–Crippen LogP) is 4.07. The third-order valence-electron chi connectivity index (χ3n) is 3.82. The number of amides is 1. The van der Waals surface area contributed by atoms with E-state index in [4.69, 9.17) is 25.9 Å². The summed E-state index contributed by atoms with van der Waals surface area (Å²) in [5, 5.41) is 13.0. The fraction of sp³-hybridized carbons (Fsp3) is 0.0500. The minimum absolute atomic E-state index is 0.0139. The Balaban J connectivity index is 1.66. The van der Waals surface area contributed by atoms with Crippen LogP contribution in [-0.2, 0) is 0 Å². The standard InChI is InChI=1S/C20H15ClN2O5/c1-27-14-5-2-12(3-6-14)19(24)23-22-11-15-7-9-18(28-15)13-4-8-16(20(25)26)17(21)10-13/h2-11H,1H3,(H,23,24)(H,25,26). The Kier molecular flexibility index (Phi) is 5.76. The van der Waals surface area contributed by atoms with E-state index in [1.54, 1.807) is 49.6 Å². The maximum atomic E-state index is 12.0.